The number of hydrogen-bond donors (Lipinski definition) is 1. The van der Waals surface area contributed by atoms with E-state index >= 15 is 0 Å². The Hall–Kier alpha value is -1.79. The van der Waals surface area contributed by atoms with Crippen LogP contribution in [-0.2, 0) is 9.59 Å². The zero-order valence-corrected chi connectivity index (χ0v) is 15.9. The number of carbonyl (C=O) groups excluding carboxylic acids is 2. The largest absolute Gasteiger partial charge is 0.334 e. The lowest BCUT2D eigenvalue weighted by molar-refractivity contribution is -0.129. The molecule has 1 aliphatic heterocycles. The molecule has 2 heterocycles. The number of thiophene rings is 1. The van der Waals surface area contributed by atoms with Gasteiger partial charge in [-0.05, 0) is 48.9 Å². The van der Waals surface area contributed by atoms with Gasteiger partial charge in [0.2, 0.25) is 11.8 Å². The molecule has 0 bridgehead atoms. The Labute approximate surface area is 156 Å². The van der Waals surface area contributed by atoms with Crippen molar-refractivity contribution < 1.29 is 9.59 Å². The van der Waals surface area contributed by atoms with Gasteiger partial charge in [0.15, 0.2) is 0 Å². The Bertz CT molecular complexity index is 731. The van der Waals surface area contributed by atoms with Crippen LogP contribution in [0.4, 0.5) is 5.69 Å². The van der Waals surface area contributed by atoms with Gasteiger partial charge in [0.25, 0.3) is 0 Å². The summed E-state index contributed by atoms with van der Waals surface area (Å²) in [6.07, 6.45) is 2.08. The molecular weight excluding hydrogens is 352 g/mol. The van der Waals surface area contributed by atoms with E-state index in [1.165, 1.54) is 16.6 Å². The molecule has 4 nitrogen and oxygen atoms in total. The summed E-state index contributed by atoms with van der Waals surface area (Å²) in [5, 5.41) is 4.93. The third kappa shape index (κ3) is 4.86. The summed E-state index contributed by atoms with van der Waals surface area (Å²) in [6, 6.07) is 12.1. The van der Waals surface area contributed by atoms with E-state index in [9.17, 15) is 9.59 Å². The van der Waals surface area contributed by atoms with Crippen molar-refractivity contribution in [2.24, 2.45) is 0 Å². The molecule has 132 valence electrons. The number of amides is 2. The summed E-state index contributed by atoms with van der Waals surface area (Å²) in [5.74, 6) is 0.698. The molecule has 1 fully saturated rings. The summed E-state index contributed by atoms with van der Waals surface area (Å²) >= 11 is 3.09. The zero-order valence-electron chi connectivity index (χ0n) is 14.2. The molecule has 2 amide bonds. The van der Waals surface area contributed by atoms with E-state index in [1.54, 1.807) is 11.3 Å². The first-order valence-electron chi connectivity index (χ1n) is 8.40. The normalized spacial score (nSPS) is 16.8. The van der Waals surface area contributed by atoms with Crippen LogP contribution in [0.1, 0.15) is 29.3 Å². The monoisotopic (exact) mass is 374 g/mol. The molecule has 1 saturated heterocycles. The fourth-order valence-corrected chi connectivity index (χ4v) is 4.65. The number of likely N-dealkylation sites (tertiary alicyclic amines) is 1. The van der Waals surface area contributed by atoms with Crippen molar-refractivity contribution in [3.8, 4) is 0 Å². The number of rotatable bonds is 6. The van der Waals surface area contributed by atoms with Gasteiger partial charge in [-0.1, -0.05) is 18.2 Å². The molecule has 1 aliphatic rings. The third-order valence-corrected chi connectivity index (χ3v) is 6.10. The molecule has 1 aromatic heterocycles. The maximum atomic E-state index is 12.5. The summed E-state index contributed by atoms with van der Waals surface area (Å²) < 4.78 is 0. The van der Waals surface area contributed by atoms with Crippen LogP contribution < -0.4 is 5.32 Å². The summed E-state index contributed by atoms with van der Waals surface area (Å²) in [7, 11) is 0. The smallest absolute Gasteiger partial charge is 0.234 e. The Kier molecular flexibility index (Phi) is 6.15. The lowest BCUT2D eigenvalue weighted by Crippen LogP contribution is -2.32. The molecule has 0 saturated carbocycles. The molecule has 0 spiro atoms. The maximum absolute atomic E-state index is 12.5. The Balaban J connectivity index is 1.45. The van der Waals surface area contributed by atoms with Gasteiger partial charge in [0.1, 0.15) is 0 Å². The highest BCUT2D eigenvalue weighted by Crippen LogP contribution is 2.34. The predicted molar refractivity (Wildman–Crippen MR) is 105 cm³/mol. The average molecular weight is 375 g/mol. The third-order valence-electron chi connectivity index (χ3n) is 4.21. The minimum absolute atomic E-state index is 0.0698. The van der Waals surface area contributed by atoms with Gasteiger partial charge in [-0.3, -0.25) is 9.59 Å². The van der Waals surface area contributed by atoms with Crippen LogP contribution in [0.2, 0.25) is 0 Å². The van der Waals surface area contributed by atoms with Crippen molar-refractivity contribution in [1.82, 2.24) is 4.90 Å². The van der Waals surface area contributed by atoms with Crippen molar-refractivity contribution in [2.45, 2.75) is 25.8 Å². The fraction of sp³-hybridized carbons (Fsp3) is 0.368. The van der Waals surface area contributed by atoms with Gasteiger partial charge < -0.3 is 10.2 Å². The summed E-state index contributed by atoms with van der Waals surface area (Å²) in [6.45, 7) is 2.81. The van der Waals surface area contributed by atoms with E-state index in [0.29, 0.717) is 5.75 Å². The van der Waals surface area contributed by atoms with Crippen LogP contribution >= 0.6 is 23.1 Å². The van der Waals surface area contributed by atoms with E-state index in [0.717, 1.165) is 30.6 Å². The van der Waals surface area contributed by atoms with Crippen LogP contribution in [0.15, 0.2) is 41.8 Å². The van der Waals surface area contributed by atoms with E-state index in [4.69, 9.17) is 0 Å². The molecule has 25 heavy (non-hydrogen) atoms. The lowest BCUT2D eigenvalue weighted by atomic mass is 10.2. The van der Waals surface area contributed by atoms with Gasteiger partial charge in [-0.25, -0.2) is 0 Å². The van der Waals surface area contributed by atoms with Gasteiger partial charge in [-0.2, -0.15) is 0 Å². The maximum Gasteiger partial charge on any atom is 0.234 e. The number of carbonyl (C=O) groups is 2. The molecule has 0 aliphatic carbocycles. The number of nitrogens with zero attached hydrogens (tertiary/aromatic N) is 1. The van der Waals surface area contributed by atoms with Crippen molar-refractivity contribution in [2.75, 3.05) is 23.4 Å². The van der Waals surface area contributed by atoms with E-state index in [1.807, 2.05) is 42.2 Å². The second kappa shape index (κ2) is 8.54. The molecule has 2 aromatic rings. The van der Waals surface area contributed by atoms with Crippen LogP contribution in [0.5, 0.6) is 0 Å². The van der Waals surface area contributed by atoms with Crippen LogP contribution in [-0.4, -0.2) is 34.8 Å². The van der Waals surface area contributed by atoms with Crippen molar-refractivity contribution in [3.63, 3.8) is 0 Å². The van der Waals surface area contributed by atoms with E-state index in [2.05, 4.69) is 16.8 Å². The van der Waals surface area contributed by atoms with Gasteiger partial charge in [0.05, 0.1) is 17.5 Å². The van der Waals surface area contributed by atoms with Crippen LogP contribution in [0, 0.1) is 6.92 Å². The molecule has 1 aromatic carbocycles. The number of aryl methyl sites for hydroxylation is 1. The fourth-order valence-electron chi connectivity index (χ4n) is 3.08. The Morgan fingerprint density at radius 1 is 1.28 bits per heavy atom. The highest BCUT2D eigenvalue weighted by atomic mass is 32.2. The van der Waals surface area contributed by atoms with Gasteiger partial charge in [0, 0.05) is 17.1 Å². The molecule has 1 N–H and O–H groups in total. The minimum atomic E-state index is -0.0698. The number of anilines is 1. The van der Waals surface area contributed by atoms with Crippen molar-refractivity contribution in [3.05, 3.63) is 52.2 Å². The second-order valence-electron chi connectivity index (χ2n) is 6.17. The average Bonchev–Trinajstić information content (AvgIpc) is 3.26. The van der Waals surface area contributed by atoms with Crippen molar-refractivity contribution >= 4 is 40.6 Å². The minimum Gasteiger partial charge on any atom is -0.334 e. The van der Waals surface area contributed by atoms with Crippen LogP contribution in [0.25, 0.3) is 0 Å². The Morgan fingerprint density at radius 3 is 2.92 bits per heavy atom. The first-order chi connectivity index (χ1) is 12.1. The van der Waals surface area contributed by atoms with E-state index < -0.39 is 0 Å². The first kappa shape index (κ1) is 18.0. The predicted octanol–water partition coefficient (Wildman–Crippen LogP) is 4.09. The van der Waals surface area contributed by atoms with Crippen molar-refractivity contribution in [1.29, 1.82) is 0 Å². The lowest BCUT2D eigenvalue weighted by Gasteiger charge is -2.23. The number of thioether (sulfide) groups is 1. The van der Waals surface area contributed by atoms with Crippen LogP contribution in [0.3, 0.4) is 0 Å². The number of nitrogens with one attached hydrogen (secondary N) is 1. The van der Waals surface area contributed by atoms with Gasteiger partial charge >= 0.3 is 0 Å². The van der Waals surface area contributed by atoms with E-state index in [-0.39, 0.29) is 23.6 Å². The second-order valence-corrected chi connectivity index (χ2v) is 8.14. The number of benzene rings is 1. The molecule has 3 rings (SSSR count). The standard InChI is InChI=1S/C19H22N2O2S2/c1-14-5-2-6-15(11-14)20-18(22)12-24-13-19(23)21-9-3-7-16(21)17-8-4-10-25-17/h2,4-6,8,10-11,16H,3,7,9,12-13H2,1H3,(H,20,22)/t16-/m0/s1. The topological polar surface area (TPSA) is 49.4 Å². The SMILES string of the molecule is Cc1cccc(NC(=O)CSCC(=O)N2CCC[C@H]2c2cccs2)c1. The summed E-state index contributed by atoms with van der Waals surface area (Å²) in [5.41, 5.74) is 1.91. The molecular formula is C19H22N2O2S2. The molecule has 0 unspecified atom stereocenters. The quantitative estimate of drug-likeness (QED) is 0.828. The van der Waals surface area contributed by atoms with Gasteiger partial charge in [-0.15, -0.1) is 23.1 Å². The summed E-state index contributed by atoms with van der Waals surface area (Å²) in [4.78, 5) is 27.8. The first-order valence-corrected chi connectivity index (χ1v) is 10.4. The molecule has 0 radical (unpaired) electrons. The number of hydrogen-bond acceptors (Lipinski definition) is 4. The highest BCUT2D eigenvalue weighted by molar-refractivity contribution is 8.00. The molecule has 1 atom stereocenters. The molecule has 6 heteroatoms. The Morgan fingerprint density at radius 2 is 2.16 bits per heavy atom. The zero-order chi connectivity index (χ0) is 17.6. The highest BCUT2D eigenvalue weighted by Gasteiger charge is 2.30.